The second-order valence-electron chi connectivity index (χ2n) is 6.40. The zero-order chi connectivity index (χ0) is 14.8. The highest BCUT2D eigenvalue weighted by molar-refractivity contribution is 7.09. The number of thiazole rings is 1. The van der Waals surface area contributed by atoms with Gasteiger partial charge in [0.05, 0.1) is 24.6 Å². The van der Waals surface area contributed by atoms with Gasteiger partial charge >= 0.3 is 0 Å². The lowest BCUT2D eigenvalue weighted by molar-refractivity contribution is 0.128. The fraction of sp³-hybridized carbons (Fsp3) is 0.625. The molecule has 2 aromatic heterocycles. The van der Waals surface area contributed by atoms with E-state index in [0.717, 1.165) is 26.2 Å². The molecule has 6 heteroatoms. The van der Waals surface area contributed by atoms with Gasteiger partial charge < -0.3 is 9.47 Å². The molecule has 1 atom stereocenters. The molecule has 0 N–H and O–H groups in total. The van der Waals surface area contributed by atoms with Gasteiger partial charge in [-0.3, -0.25) is 4.90 Å². The molecule has 0 aromatic carbocycles. The first kappa shape index (κ1) is 14.4. The Hall–Kier alpha value is -1.24. The largest absolute Gasteiger partial charge is 0.328 e. The van der Waals surface area contributed by atoms with Gasteiger partial charge in [0.25, 0.3) is 0 Å². The molecule has 2 aliphatic heterocycles. The smallest absolute Gasteiger partial charge is 0.107 e. The Morgan fingerprint density at radius 3 is 2.91 bits per heavy atom. The van der Waals surface area contributed by atoms with Crippen molar-refractivity contribution in [2.24, 2.45) is 0 Å². The van der Waals surface area contributed by atoms with Crippen LogP contribution in [0.3, 0.4) is 0 Å². The summed E-state index contributed by atoms with van der Waals surface area (Å²) in [6.07, 6.45) is 10.0. The lowest BCUT2D eigenvalue weighted by Gasteiger charge is -2.37. The number of imidazole rings is 1. The van der Waals surface area contributed by atoms with Crippen LogP contribution in [0.2, 0.25) is 0 Å². The van der Waals surface area contributed by atoms with Gasteiger partial charge in [0.15, 0.2) is 0 Å². The Balaban J connectivity index is 1.47. The van der Waals surface area contributed by atoms with E-state index in [-0.39, 0.29) is 0 Å². The first-order valence-corrected chi connectivity index (χ1v) is 9.10. The Labute approximate surface area is 135 Å². The molecule has 2 aromatic rings. The molecular formula is C16H23N5S. The van der Waals surface area contributed by atoms with Crippen molar-refractivity contribution in [3.05, 3.63) is 34.8 Å². The van der Waals surface area contributed by atoms with Gasteiger partial charge in [-0.15, -0.1) is 11.3 Å². The van der Waals surface area contributed by atoms with E-state index in [1.54, 1.807) is 11.3 Å². The van der Waals surface area contributed by atoms with Crippen LogP contribution in [0.25, 0.3) is 0 Å². The van der Waals surface area contributed by atoms with Crippen molar-refractivity contribution in [2.45, 2.75) is 38.4 Å². The molecule has 1 saturated heterocycles. The lowest BCUT2D eigenvalue weighted by Crippen LogP contribution is -2.43. The third-order valence-electron chi connectivity index (χ3n) is 4.75. The molecule has 118 valence electrons. The van der Waals surface area contributed by atoms with Gasteiger partial charge in [0.2, 0.25) is 0 Å². The maximum Gasteiger partial charge on any atom is 0.107 e. The summed E-state index contributed by atoms with van der Waals surface area (Å²) in [4.78, 5) is 14.0. The van der Waals surface area contributed by atoms with Gasteiger partial charge in [0.1, 0.15) is 5.01 Å². The second-order valence-corrected chi connectivity index (χ2v) is 7.38. The normalized spacial score (nSPS) is 23.5. The van der Waals surface area contributed by atoms with Gasteiger partial charge in [-0.05, 0) is 25.9 Å². The highest BCUT2D eigenvalue weighted by Gasteiger charge is 2.27. The van der Waals surface area contributed by atoms with Gasteiger partial charge in [-0.1, -0.05) is 6.42 Å². The molecule has 0 aliphatic carbocycles. The molecule has 0 saturated carbocycles. The van der Waals surface area contributed by atoms with Crippen molar-refractivity contribution in [1.29, 1.82) is 0 Å². The van der Waals surface area contributed by atoms with Crippen LogP contribution in [0.4, 0.5) is 0 Å². The van der Waals surface area contributed by atoms with E-state index in [4.69, 9.17) is 0 Å². The standard InChI is InChI=1S/C16H23N5S/c1-2-5-19(6-3-1)10-15-11-20(12-16-18-4-7-22-16)9-14-8-17-13-21(14)15/h4,7-8,13,15H,1-3,5-6,9-12H2. The second kappa shape index (κ2) is 6.48. The Kier molecular flexibility index (Phi) is 4.23. The predicted octanol–water partition coefficient (Wildman–Crippen LogP) is 2.38. The number of nitrogens with zero attached hydrogens (tertiary/aromatic N) is 5. The fourth-order valence-corrected chi connectivity index (χ4v) is 4.35. The number of hydrogen-bond acceptors (Lipinski definition) is 5. The summed E-state index contributed by atoms with van der Waals surface area (Å²) in [5, 5.41) is 3.28. The van der Waals surface area contributed by atoms with Crippen molar-refractivity contribution in [1.82, 2.24) is 24.3 Å². The van der Waals surface area contributed by atoms with Crippen molar-refractivity contribution in [3.63, 3.8) is 0 Å². The third-order valence-corrected chi connectivity index (χ3v) is 5.52. The molecule has 1 fully saturated rings. The van der Waals surface area contributed by atoms with Crippen LogP contribution in [-0.4, -0.2) is 50.5 Å². The Bertz CT molecular complexity index is 587. The first-order valence-electron chi connectivity index (χ1n) is 8.22. The van der Waals surface area contributed by atoms with E-state index in [1.807, 2.05) is 18.7 Å². The summed E-state index contributed by atoms with van der Waals surface area (Å²) < 4.78 is 2.40. The van der Waals surface area contributed by atoms with Crippen LogP contribution in [0.1, 0.15) is 36.0 Å². The summed E-state index contributed by atoms with van der Waals surface area (Å²) >= 11 is 1.75. The monoisotopic (exact) mass is 317 g/mol. The highest BCUT2D eigenvalue weighted by atomic mass is 32.1. The first-order chi connectivity index (χ1) is 10.9. The fourth-order valence-electron chi connectivity index (χ4n) is 3.69. The van der Waals surface area contributed by atoms with Gasteiger partial charge in [0, 0.05) is 37.4 Å². The average Bonchev–Trinajstić information content (AvgIpc) is 3.20. The van der Waals surface area contributed by atoms with Gasteiger partial charge in [-0.25, -0.2) is 9.97 Å². The Morgan fingerprint density at radius 2 is 2.09 bits per heavy atom. The zero-order valence-corrected chi connectivity index (χ0v) is 13.7. The molecule has 0 spiro atoms. The van der Waals surface area contributed by atoms with Crippen LogP contribution in [0, 0.1) is 0 Å². The van der Waals surface area contributed by atoms with Crippen LogP contribution in [-0.2, 0) is 13.1 Å². The number of rotatable bonds is 4. The summed E-state index contributed by atoms with van der Waals surface area (Å²) in [7, 11) is 0. The molecule has 0 amide bonds. The number of hydrogen-bond donors (Lipinski definition) is 0. The molecule has 0 bridgehead atoms. The zero-order valence-electron chi connectivity index (χ0n) is 12.9. The Morgan fingerprint density at radius 1 is 1.18 bits per heavy atom. The van der Waals surface area contributed by atoms with Crippen LogP contribution < -0.4 is 0 Å². The van der Waals surface area contributed by atoms with Gasteiger partial charge in [-0.2, -0.15) is 0 Å². The highest BCUT2D eigenvalue weighted by Crippen LogP contribution is 2.24. The molecule has 4 rings (SSSR count). The van der Waals surface area contributed by atoms with E-state index >= 15 is 0 Å². The van der Waals surface area contributed by atoms with E-state index in [9.17, 15) is 0 Å². The number of likely N-dealkylation sites (tertiary alicyclic amines) is 1. The molecule has 4 heterocycles. The molecule has 22 heavy (non-hydrogen) atoms. The quantitative estimate of drug-likeness (QED) is 0.868. The van der Waals surface area contributed by atoms with Crippen LogP contribution in [0.5, 0.6) is 0 Å². The molecular weight excluding hydrogens is 294 g/mol. The van der Waals surface area contributed by atoms with Crippen molar-refractivity contribution >= 4 is 11.3 Å². The number of aromatic nitrogens is 3. The summed E-state index contributed by atoms with van der Waals surface area (Å²) in [5.41, 5.74) is 1.34. The summed E-state index contributed by atoms with van der Waals surface area (Å²) in [6, 6.07) is 0.518. The molecule has 5 nitrogen and oxygen atoms in total. The van der Waals surface area contributed by atoms with Crippen molar-refractivity contribution in [3.8, 4) is 0 Å². The third kappa shape index (κ3) is 3.09. The van der Waals surface area contributed by atoms with Crippen LogP contribution in [0.15, 0.2) is 24.1 Å². The minimum atomic E-state index is 0.518. The maximum absolute atomic E-state index is 4.44. The van der Waals surface area contributed by atoms with E-state index in [2.05, 4.69) is 29.7 Å². The number of piperidine rings is 1. The topological polar surface area (TPSA) is 37.2 Å². The molecule has 2 aliphatic rings. The predicted molar refractivity (Wildman–Crippen MR) is 87.8 cm³/mol. The molecule has 1 unspecified atom stereocenters. The SMILES string of the molecule is c1csc(CN2Cc3cncn3C(CN3CCCCC3)C2)n1. The maximum atomic E-state index is 4.44. The molecule has 0 radical (unpaired) electrons. The lowest BCUT2D eigenvalue weighted by atomic mass is 10.1. The van der Waals surface area contributed by atoms with E-state index < -0.39 is 0 Å². The minimum Gasteiger partial charge on any atom is -0.328 e. The number of fused-ring (bicyclic) bond motifs is 1. The van der Waals surface area contributed by atoms with Crippen LogP contribution >= 0.6 is 11.3 Å². The van der Waals surface area contributed by atoms with Crippen molar-refractivity contribution < 1.29 is 0 Å². The van der Waals surface area contributed by atoms with E-state index in [0.29, 0.717) is 6.04 Å². The summed E-state index contributed by atoms with van der Waals surface area (Å²) in [6.45, 7) is 6.70. The minimum absolute atomic E-state index is 0.518. The summed E-state index contributed by atoms with van der Waals surface area (Å²) in [5.74, 6) is 0. The van der Waals surface area contributed by atoms with E-state index in [1.165, 1.54) is 43.1 Å². The van der Waals surface area contributed by atoms with Crippen molar-refractivity contribution in [2.75, 3.05) is 26.2 Å². The average molecular weight is 317 g/mol.